The van der Waals surface area contributed by atoms with E-state index in [4.69, 9.17) is 4.74 Å². The molecule has 5 atom stereocenters. The standard InChI is InChI=1S/C21H30N2O6/c1-5-7-11-22(10-6-2)18(26)16-21-9-8-13(29-21)14(19(27)28)15(21)17(25)23(16)20(3,4)12-24/h6,8-9,13-16,24H,2,5,7,10-12H2,1,3-4H3,(H,27,28). The van der Waals surface area contributed by atoms with Crippen LogP contribution >= 0.6 is 0 Å². The first-order chi connectivity index (χ1) is 13.7. The number of amides is 2. The van der Waals surface area contributed by atoms with Crippen LogP contribution in [0.5, 0.6) is 0 Å². The van der Waals surface area contributed by atoms with E-state index in [2.05, 4.69) is 6.58 Å². The molecule has 0 saturated carbocycles. The third-order valence-corrected chi connectivity index (χ3v) is 6.28. The number of unbranched alkanes of at least 4 members (excludes halogenated alkanes) is 1. The molecule has 2 bridgehead atoms. The largest absolute Gasteiger partial charge is 0.481 e. The number of likely N-dealkylation sites (tertiary alicyclic amines) is 1. The first-order valence-corrected chi connectivity index (χ1v) is 10.1. The highest BCUT2D eigenvalue weighted by Gasteiger charge is 2.74. The fraction of sp³-hybridized carbons (Fsp3) is 0.667. The van der Waals surface area contributed by atoms with E-state index in [-0.39, 0.29) is 12.5 Å². The van der Waals surface area contributed by atoms with Gasteiger partial charge in [-0.05, 0) is 20.3 Å². The average molecular weight is 406 g/mol. The maximum absolute atomic E-state index is 13.7. The van der Waals surface area contributed by atoms with E-state index >= 15 is 0 Å². The van der Waals surface area contributed by atoms with Crippen molar-refractivity contribution in [3.05, 3.63) is 24.8 Å². The summed E-state index contributed by atoms with van der Waals surface area (Å²) in [6, 6.07) is -1.04. The molecule has 0 aromatic rings. The van der Waals surface area contributed by atoms with Crippen LogP contribution in [0, 0.1) is 11.8 Å². The number of aliphatic hydroxyl groups excluding tert-OH is 1. The Balaban J connectivity index is 2.09. The van der Waals surface area contributed by atoms with Crippen molar-refractivity contribution in [2.45, 2.75) is 56.9 Å². The second kappa shape index (κ2) is 7.57. The van der Waals surface area contributed by atoms with Gasteiger partial charge in [0.2, 0.25) is 11.8 Å². The van der Waals surface area contributed by atoms with Crippen molar-refractivity contribution in [1.29, 1.82) is 0 Å². The quantitative estimate of drug-likeness (QED) is 0.549. The van der Waals surface area contributed by atoms with Gasteiger partial charge in [-0.2, -0.15) is 0 Å². The highest BCUT2D eigenvalue weighted by atomic mass is 16.5. The molecule has 8 heteroatoms. The highest BCUT2D eigenvalue weighted by molar-refractivity contribution is 5.99. The Hall–Kier alpha value is -2.19. The van der Waals surface area contributed by atoms with Crippen molar-refractivity contribution >= 4 is 17.8 Å². The van der Waals surface area contributed by atoms with Gasteiger partial charge in [0.05, 0.1) is 24.2 Å². The highest BCUT2D eigenvalue weighted by Crippen LogP contribution is 2.56. The Morgan fingerprint density at radius 3 is 2.69 bits per heavy atom. The molecule has 2 saturated heterocycles. The Labute approximate surface area is 170 Å². The normalized spacial score (nSPS) is 32.6. The fourth-order valence-electron chi connectivity index (χ4n) is 4.83. The molecule has 0 aromatic heterocycles. The molecule has 2 N–H and O–H groups in total. The third-order valence-electron chi connectivity index (χ3n) is 6.28. The molecule has 5 unspecified atom stereocenters. The van der Waals surface area contributed by atoms with Crippen LogP contribution in [0.25, 0.3) is 0 Å². The Bertz CT molecular complexity index is 747. The lowest BCUT2D eigenvalue weighted by molar-refractivity contribution is -0.156. The van der Waals surface area contributed by atoms with Gasteiger partial charge in [0.1, 0.15) is 17.6 Å². The first-order valence-electron chi connectivity index (χ1n) is 10.1. The summed E-state index contributed by atoms with van der Waals surface area (Å²) < 4.78 is 6.06. The van der Waals surface area contributed by atoms with Crippen molar-refractivity contribution in [3.63, 3.8) is 0 Å². The summed E-state index contributed by atoms with van der Waals surface area (Å²) in [5, 5.41) is 19.7. The number of nitrogens with zero attached hydrogens (tertiary/aromatic N) is 2. The topological polar surface area (TPSA) is 107 Å². The number of carbonyl (C=O) groups is 3. The van der Waals surface area contributed by atoms with Crippen molar-refractivity contribution in [3.8, 4) is 0 Å². The van der Waals surface area contributed by atoms with Crippen LogP contribution in [0.15, 0.2) is 24.8 Å². The van der Waals surface area contributed by atoms with Crippen LogP contribution in [-0.2, 0) is 19.1 Å². The molecule has 1 spiro atoms. The molecule has 3 heterocycles. The predicted octanol–water partition coefficient (Wildman–Crippen LogP) is 0.807. The van der Waals surface area contributed by atoms with Crippen LogP contribution in [0.4, 0.5) is 0 Å². The fourth-order valence-corrected chi connectivity index (χ4v) is 4.83. The lowest BCUT2D eigenvalue weighted by Gasteiger charge is -2.42. The Morgan fingerprint density at radius 1 is 1.45 bits per heavy atom. The van der Waals surface area contributed by atoms with E-state index in [0.717, 1.165) is 12.8 Å². The van der Waals surface area contributed by atoms with E-state index in [9.17, 15) is 24.6 Å². The molecule has 2 amide bonds. The Kier molecular flexibility index (Phi) is 5.62. The van der Waals surface area contributed by atoms with Gasteiger partial charge < -0.3 is 24.7 Å². The lowest BCUT2D eigenvalue weighted by Crippen LogP contribution is -2.61. The number of ether oxygens (including phenoxy) is 1. The molecule has 29 heavy (non-hydrogen) atoms. The van der Waals surface area contributed by atoms with Crippen molar-refractivity contribution in [2.24, 2.45) is 11.8 Å². The summed E-state index contributed by atoms with van der Waals surface area (Å²) in [6.45, 7) is 9.52. The van der Waals surface area contributed by atoms with E-state index in [1.165, 1.54) is 4.90 Å². The lowest BCUT2D eigenvalue weighted by atomic mass is 9.74. The van der Waals surface area contributed by atoms with Gasteiger partial charge >= 0.3 is 5.97 Å². The molecule has 0 aliphatic carbocycles. The van der Waals surface area contributed by atoms with Gasteiger partial charge in [0, 0.05) is 13.1 Å². The van der Waals surface area contributed by atoms with Crippen LogP contribution in [0.3, 0.4) is 0 Å². The number of rotatable bonds is 9. The zero-order valence-electron chi connectivity index (χ0n) is 17.2. The molecule has 160 valence electrons. The monoisotopic (exact) mass is 406 g/mol. The molecule has 0 radical (unpaired) electrons. The van der Waals surface area contributed by atoms with Gasteiger partial charge in [-0.15, -0.1) is 6.58 Å². The van der Waals surface area contributed by atoms with Gasteiger partial charge in [-0.3, -0.25) is 14.4 Å². The summed E-state index contributed by atoms with van der Waals surface area (Å²) >= 11 is 0. The molecule has 3 rings (SSSR count). The van der Waals surface area contributed by atoms with Gasteiger partial charge in [-0.25, -0.2) is 0 Å². The van der Waals surface area contributed by atoms with E-state index in [1.54, 1.807) is 37.0 Å². The maximum atomic E-state index is 13.7. The minimum absolute atomic E-state index is 0.313. The summed E-state index contributed by atoms with van der Waals surface area (Å²) in [4.78, 5) is 42.0. The number of hydrogen-bond donors (Lipinski definition) is 2. The molecular weight excluding hydrogens is 376 g/mol. The number of aliphatic hydroxyl groups is 1. The van der Waals surface area contributed by atoms with Gasteiger partial charge in [0.15, 0.2) is 0 Å². The molecule has 3 aliphatic heterocycles. The third kappa shape index (κ3) is 3.09. The Morgan fingerprint density at radius 2 is 2.14 bits per heavy atom. The first kappa shape index (κ1) is 21.5. The van der Waals surface area contributed by atoms with Crippen LogP contribution in [0.2, 0.25) is 0 Å². The molecule has 2 fully saturated rings. The van der Waals surface area contributed by atoms with E-state index in [1.807, 2.05) is 6.92 Å². The van der Waals surface area contributed by atoms with Crippen molar-refractivity contribution in [2.75, 3.05) is 19.7 Å². The maximum Gasteiger partial charge on any atom is 0.310 e. The second-order valence-electron chi connectivity index (χ2n) is 8.64. The molecular formula is C21H30N2O6. The number of hydrogen-bond acceptors (Lipinski definition) is 5. The minimum Gasteiger partial charge on any atom is -0.481 e. The van der Waals surface area contributed by atoms with Crippen molar-refractivity contribution < 1.29 is 29.3 Å². The average Bonchev–Trinajstić information content (AvgIpc) is 3.32. The molecule has 8 nitrogen and oxygen atoms in total. The van der Waals surface area contributed by atoms with Gasteiger partial charge in [-0.1, -0.05) is 31.6 Å². The molecule has 3 aliphatic rings. The van der Waals surface area contributed by atoms with Crippen molar-refractivity contribution in [1.82, 2.24) is 9.80 Å². The SMILES string of the molecule is C=CCN(CCCC)C(=O)C1N(C(C)(C)CO)C(=O)C2C(C(=O)O)C3C=CC21O3. The summed E-state index contributed by atoms with van der Waals surface area (Å²) in [5.41, 5.74) is -2.39. The van der Waals surface area contributed by atoms with Gasteiger partial charge in [0.25, 0.3) is 0 Å². The van der Waals surface area contributed by atoms with E-state index in [0.29, 0.717) is 13.1 Å². The number of carboxylic acid groups (broad SMARTS) is 1. The van der Waals surface area contributed by atoms with E-state index < -0.39 is 47.0 Å². The summed E-state index contributed by atoms with van der Waals surface area (Å²) in [6.07, 6.45) is 5.90. The minimum atomic E-state index is -1.33. The smallest absolute Gasteiger partial charge is 0.310 e. The van der Waals surface area contributed by atoms with Crippen LogP contribution in [0.1, 0.15) is 33.6 Å². The second-order valence-corrected chi connectivity index (χ2v) is 8.64. The summed E-state index contributed by atoms with van der Waals surface area (Å²) in [7, 11) is 0. The number of carbonyl (C=O) groups excluding carboxylic acids is 2. The van der Waals surface area contributed by atoms with Crippen LogP contribution in [-0.4, -0.2) is 80.8 Å². The molecule has 0 aromatic carbocycles. The zero-order chi connectivity index (χ0) is 21.6. The number of aliphatic carboxylic acids is 1. The number of fused-ring (bicyclic) bond motifs is 1. The van der Waals surface area contributed by atoms with Crippen LogP contribution < -0.4 is 0 Å². The predicted molar refractivity (Wildman–Crippen MR) is 105 cm³/mol. The summed E-state index contributed by atoms with van der Waals surface area (Å²) in [5.74, 6) is -3.94. The number of carboxylic acids is 1. The zero-order valence-corrected chi connectivity index (χ0v) is 17.2.